The molecule has 5 rings (SSSR count). The number of fused-ring (bicyclic) bond motifs is 2. The largest absolute Gasteiger partial charge is 0.493 e. The van der Waals surface area contributed by atoms with Gasteiger partial charge >= 0.3 is 0 Å². The first-order chi connectivity index (χ1) is 14.2. The van der Waals surface area contributed by atoms with Crippen LogP contribution in [0.25, 0.3) is 22.2 Å². The summed E-state index contributed by atoms with van der Waals surface area (Å²) in [6, 6.07) is 12.9. The van der Waals surface area contributed by atoms with Crippen LogP contribution in [0.5, 0.6) is 5.88 Å². The molecule has 0 bridgehead atoms. The minimum Gasteiger partial charge on any atom is -0.493 e. The maximum absolute atomic E-state index is 13.2. The van der Waals surface area contributed by atoms with Crippen molar-refractivity contribution in [2.75, 3.05) is 5.32 Å². The van der Waals surface area contributed by atoms with Crippen LogP contribution in [0, 0.1) is 5.82 Å². The van der Waals surface area contributed by atoms with Crippen molar-refractivity contribution in [3.63, 3.8) is 0 Å². The van der Waals surface area contributed by atoms with E-state index in [9.17, 15) is 9.50 Å². The summed E-state index contributed by atoms with van der Waals surface area (Å²) in [4.78, 5) is 11.3. The molecular weight excluding hydrogens is 379 g/mol. The fraction of sp³-hybridized carbons (Fsp3) is 0. The third-order valence-corrected chi connectivity index (χ3v) is 4.11. The number of anilines is 2. The second kappa shape index (κ2) is 6.64. The average molecular weight is 390 g/mol. The molecule has 0 saturated heterocycles. The van der Waals surface area contributed by atoms with E-state index < -0.39 is 0 Å². The molecule has 2 aromatic carbocycles. The number of hydrogen-bond donors (Lipinski definition) is 3. The molecule has 0 amide bonds. The fourth-order valence-corrected chi connectivity index (χ4v) is 2.76. The lowest BCUT2D eigenvalue weighted by atomic mass is 10.2. The van der Waals surface area contributed by atoms with Crippen LogP contribution in [-0.2, 0) is 0 Å². The number of nitrogens with zero attached hydrogens (tertiary/aromatic N) is 6. The molecule has 0 aliphatic rings. The highest BCUT2D eigenvalue weighted by molar-refractivity contribution is 5.94. The molecule has 0 aliphatic heterocycles. The number of para-hydroxylation sites is 1. The van der Waals surface area contributed by atoms with E-state index in [0.717, 1.165) is 0 Å². The summed E-state index contributed by atoms with van der Waals surface area (Å²) in [6.45, 7) is 0. The zero-order valence-corrected chi connectivity index (χ0v) is 14.5. The minimum atomic E-state index is -0.368. The fourth-order valence-electron chi connectivity index (χ4n) is 2.76. The lowest BCUT2D eigenvalue weighted by Crippen LogP contribution is -1.96. The standard InChI is InChI=1S/C18H11FN8O2/c19-9-5-7-10(8-6-9)20-14-15(23-17-16(22-14)26-29-27-17)25-24-13-11-3-1-2-4-12(11)21-18(13)28/h1-8,21,28H,(H,20,22,26). The second-order valence-electron chi connectivity index (χ2n) is 6.01. The van der Waals surface area contributed by atoms with Crippen molar-refractivity contribution in [3.05, 3.63) is 54.3 Å². The Morgan fingerprint density at radius 2 is 1.72 bits per heavy atom. The van der Waals surface area contributed by atoms with Crippen LogP contribution in [0.2, 0.25) is 0 Å². The Morgan fingerprint density at radius 3 is 2.55 bits per heavy atom. The van der Waals surface area contributed by atoms with Gasteiger partial charge < -0.3 is 15.4 Å². The topological polar surface area (TPSA) is 137 Å². The van der Waals surface area contributed by atoms with Gasteiger partial charge in [-0.25, -0.2) is 14.0 Å². The second-order valence-corrected chi connectivity index (χ2v) is 6.01. The monoisotopic (exact) mass is 390 g/mol. The van der Waals surface area contributed by atoms with Crippen molar-refractivity contribution < 1.29 is 14.1 Å². The van der Waals surface area contributed by atoms with Gasteiger partial charge in [0.2, 0.25) is 23.0 Å². The van der Waals surface area contributed by atoms with E-state index in [1.54, 1.807) is 6.07 Å². The van der Waals surface area contributed by atoms with Gasteiger partial charge in [0, 0.05) is 11.1 Å². The van der Waals surface area contributed by atoms with Crippen molar-refractivity contribution in [2.24, 2.45) is 10.2 Å². The quantitative estimate of drug-likeness (QED) is 0.384. The number of benzene rings is 2. The van der Waals surface area contributed by atoms with Crippen molar-refractivity contribution in [1.82, 2.24) is 25.3 Å². The number of aromatic amines is 1. The highest BCUT2D eigenvalue weighted by atomic mass is 19.1. The van der Waals surface area contributed by atoms with Crippen molar-refractivity contribution in [3.8, 4) is 5.88 Å². The number of halogens is 1. The summed E-state index contributed by atoms with van der Waals surface area (Å²) in [5, 5.41) is 29.4. The van der Waals surface area contributed by atoms with Gasteiger partial charge in [-0.05, 0) is 40.6 Å². The molecule has 0 atom stereocenters. The van der Waals surface area contributed by atoms with Gasteiger partial charge in [-0.1, -0.05) is 18.2 Å². The Balaban J connectivity index is 1.58. The van der Waals surface area contributed by atoms with Crippen LogP contribution in [0.15, 0.2) is 63.4 Å². The van der Waals surface area contributed by atoms with Crippen LogP contribution in [0.4, 0.5) is 27.4 Å². The Bertz CT molecular complexity index is 1360. The predicted octanol–water partition coefficient (Wildman–Crippen LogP) is 4.50. The number of azo groups is 1. The molecule has 0 fully saturated rings. The van der Waals surface area contributed by atoms with E-state index in [2.05, 4.69) is 45.4 Å². The van der Waals surface area contributed by atoms with Gasteiger partial charge in [0.25, 0.3) is 0 Å². The van der Waals surface area contributed by atoms with E-state index in [-0.39, 0.29) is 40.3 Å². The van der Waals surface area contributed by atoms with E-state index in [0.29, 0.717) is 16.6 Å². The van der Waals surface area contributed by atoms with Gasteiger partial charge in [0.1, 0.15) is 5.82 Å². The van der Waals surface area contributed by atoms with Gasteiger partial charge in [-0.2, -0.15) is 4.98 Å². The average Bonchev–Trinajstić information content (AvgIpc) is 3.30. The number of nitrogens with one attached hydrogen (secondary N) is 2. The lowest BCUT2D eigenvalue weighted by Gasteiger charge is -2.06. The van der Waals surface area contributed by atoms with Gasteiger partial charge in [0.15, 0.2) is 11.5 Å². The number of aromatic nitrogens is 5. The van der Waals surface area contributed by atoms with Crippen molar-refractivity contribution >= 4 is 45.2 Å². The molecule has 3 aromatic heterocycles. The third kappa shape index (κ3) is 3.10. The molecule has 3 heterocycles. The maximum atomic E-state index is 13.2. The first-order valence-electron chi connectivity index (χ1n) is 8.42. The molecular formula is C18H11FN8O2. The minimum absolute atomic E-state index is 0.0854. The summed E-state index contributed by atoms with van der Waals surface area (Å²) < 4.78 is 17.8. The van der Waals surface area contributed by atoms with Gasteiger partial charge in [-0.15, -0.1) is 10.2 Å². The van der Waals surface area contributed by atoms with Crippen LogP contribution >= 0.6 is 0 Å². The Morgan fingerprint density at radius 1 is 0.966 bits per heavy atom. The zero-order chi connectivity index (χ0) is 19.8. The predicted molar refractivity (Wildman–Crippen MR) is 101 cm³/mol. The van der Waals surface area contributed by atoms with Crippen molar-refractivity contribution in [1.29, 1.82) is 0 Å². The molecule has 29 heavy (non-hydrogen) atoms. The normalized spacial score (nSPS) is 11.6. The van der Waals surface area contributed by atoms with Crippen molar-refractivity contribution in [2.45, 2.75) is 0 Å². The molecule has 0 aliphatic carbocycles. The van der Waals surface area contributed by atoms with E-state index >= 15 is 0 Å². The third-order valence-electron chi connectivity index (χ3n) is 4.11. The van der Waals surface area contributed by atoms with Gasteiger partial charge in [-0.3, -0.25) is 0 Å². The van der Waals surface area contributed by atoms with Gasteiger partial charge in [0.05, 0.1) is 5.52 Å². The smallest absolute Gasteiger partial charge is 0.245 e. The molecule has 142 valence electrons. The molecule has 10 nitrogen and oxygen atoms in total. The highest BCUT2D eigenvalue weighted by Crippen LogP contribution is 2.37. The molecule has 3 N–H and O–H groups in total. The molecule has 5 aromatic rings. The zero-order valence-electron chi connectivity index (χ0n) is 14.5. The highest BCUT2D eigenvalue weighted by Gasteiger charge is 2.15. The number of rotatable bonds is 4. The lowest BCUT2D eigenvalue weighted by molar-refractivity contribution is 0.314. The number of H-pyrrole nitrogens is 1. The van der Waals surface area contributed by atoms with Crippen LogP contribution < -0.4 is 5.32 Å². The van der Waals surface area contributed by atoms with Crippen LogP contribution in [0.3, 0.4) is 0 Å². The number of aromatic hydroxyl groups is 1. The molecule has 0 saturated carbocycles. The van der Waals surface area contributed by atoms with Crippen LogP contribution in [0.1, 0.15) is 0 Å². The summed E-state index contributed by atoms with van der Waals surface area (Å²) in [7, 11) is 0. The van der Waals surface area contributed by atoms with E-state index in [4.69, 9.17) is 0 Å². The maximum Gasteiger partial charge on any atom is 0.245 e. The SMILES string of the molecule is Oc1[nH]c2ccccc2c1N=Nc1nc2nonc2nc1Nc1ccc(F)cc1. The Hall–Kier alpha value is -4.41. The Labute approximate surface area is 161 Å². The first kappa shape index (κ1) is 16.7. The molecule has 0 spiro atoms. The molecule has 11 heteroatoms. The summed E-state index contributed by atoms with van der Waals surface area (Å²) in [5.41, 5.74) is 1.84. The molecule has 0 unspecified atom stereocenters. The summed E-state index contributed by atoms with van der Waals surface area (Å²) in [5.74, 6) is -0.197. The van der Waals surface area contributed by atoms with Crippen LogP contribution in [-0.4, -0.2) is 30.4 Å². The molecule has 0 radical (unpaired) electrons. The van der Waals surface area contributed by atoms with E-state index in [1.807, 2.05) is 18.2 Å². The first-order valence-corrected chi connectivity index (χ1v) is 8.42. The summed E-state index contributed by atoms with van der Waals surface area (Å²) >= 11 is 0. The number of hydrogen-bond acceptors (Lipinski definition) is 9. The summed E-state index contributed by atoms with van der Waals surface area (Å²) in [6.07, 6.45) is 0. The van der Waals surface area contributed by atoms with E-state index in [1.165, 1.54) is 24.3 Å². The Kier molecular flexibility index (Phi) is 3.83.